The molecule has 3 aromatic rings. The average Bonchev–Trinajstić information content (AvgIpc) is 3.07. The Morgan fingerprint density at radius 1 is 1.16 bits per heavy atom. The quantitative estimate of drug-likeness (QED) is 0.590. The van der Waals surface area contributed by atoms with Crippen molar-refractivity contribution < 1.29 is 17.6 Å². The van der Waals surface area contributed by atoms with Crippen molar-refractivity contribution in [3.8, 4) is 0 Å². The molecule has 0 spiro atoms. The Bertz CT molecular complexity index is 1330. The van der Waals surface area contributed by atoms with Gasteiger partial charge in [0.2, 0.25) is 0 Å². The smallest absolute Gasteiger partial charge is 0.290 e. The number of carbonyl (C=O) groups is 1. The van der Waals surface area contributed by atoms with Crippen LogP contribution in [-0.2, 0) is 16.4 Å². The van der Waals surface area contributed by atoms with Gasteiger partial charge in [0.1, 0.15) is 5.58 Å². The van der Waals surface area contributed by atoms with Gasteiger partial charge in [-0.15, -0.1) is 0 Å². The first-order chi connectivity index (χ1) is 14.6. The lowest BCUT2D eigenvalue weighted by atomic mass is 10.1. The molecule has 1 atom stereocenters. The van der Waals surface area contributed by atoms with E-state index in [1.807, 2.05) is 19.9 Å². The lowest BCUT2D eigenvalue weighted by Gasteiger charge is -2.28. The van der Waals surface area contributed by atoms with Gasteiger partial charge in [0, 0.05) is 23.7 Å². The highest BCUT2D eigenvalue weighted by Crippen LogP contribution is 2.25. The highest BCUT2D eigenvalue weighted by Gasteiger charge is 2.36. The van der Waals surface area contributed by atoms with Crippen LogP contribution in [0.25, 0.3) is 11.0 Å². The van der Waals surface area contributed by atoms with Crippen LogP contribution < -0.4 is 5.43 Å². The molecule has 1 fully saturated rings. The van der Waals surface area contributed by atoms with E-state index in [1.54, 1.807) is 30.3 Å². The second-order valence-electron chi connectivity index (χ2n) is 8.05. The van der Waals surface area contributed by atoms with Gasteiger partial charge in [-0.3, -0.25) is 9.59 Å². The van der Waals surface area contributed by atoms with E-state index in [1.165, 1.54) is 11.0 Å². The molecule has 0 N–H and O–H groups in total. The van der Waals surface area contributed by atoms with Crippen LogP contribution in [0.5, 0.6) is 0 Å². The van der Waals surface area contributed by atoms with Gasteiger partial charge in [-0.1, -0.05) is 29.8 Å². The summed E-state index contributed by atoms with van der Waals surface area (Å²) in [6.45, 7) is 3.89. The number of hydrogen-bond donors (Lipinski definition) is 0. The van der Waals surface area contributed by atoms with E-state index in [0.29, 0.717) is 22.4 Å². The zero-order chi connectivity index (χ0) is 22.3. The first-order valence-electron chi connectivity index (χ1n) is 9.94. The van der Waals surface area contributed by atoms with E-state index in [2.05, 4.69) is 0 Å². The molecule has 6 nitrogen and oxygen atoms in total. The number of nitrogens with zero attached hydrogens (tertiary/aromatic N) is 1. The SMILES string of the molecule is Cc1cc(C)c2oc(C(=O)N(Cc3ccc(Cl)cc3)[C@H]3CCS(=O)(=O)C3)cc(=O)c2c1. The topological polar surface area (TPSA) is 84.7 Å². The Kier molecular flexibility index (Phi) is 5.66. The van der Waals surface area contributed by atoms with Gasteiger partial charge in [-0.05, 0) is 55.2 Å². The van der Waals surface area contributed by atoms with E-state index in [-0.39, 0.29) is 29.2 Å². The Morgan fingerprint density at radius 2 is 1.87 bits per heavy atom. The number of benzene rings is 2. The molecule has 4 rings (SSSR count). The number of halogens is 1. The Hall–Kier alpha value is -2.64. The van der Waals surface area contributed by atoms with Gasteiger partial charge < -0.3 is 9.32 Å². The third-order valence-corrected chi connectivity index (χ3v) is 7.55. The van der Waals surface area contributed by atoms with Crippen LogP contribution in [0.1, 0.15) is 33.7 Å². The van der Waals surface area contributed by atoms with Crippen LogP contribution in [0, 0.1) is 13.8 Å². The molecule has 1 aliphatic heterocycles. The van der Waals surface area contributed by atoms with Crippen LogP contribution in [0.2, 0.25) is 5.02 Å². The largest absolute Gasteiger partial charge is 0.450 e. The monoisotopic (exact) mass is 459 g/mol. The minimum absolute atomic E-state index is 0.0299. The first kappa shape index (κ1) is 21.6. The molecule has 0 bridgehead atoms. The third kappa shape index (κ3) is 4.52. The normalized spacial score (nSPS) is 17.7. The lowest BCUT2D eigenvalue weighted by molar-refractivity contribution is 0.0648. The summed E-state index contributed by atoms with van der Waals surface area (Å²) < 4.78 is 30.0. The summed E-state index contributed by atoms with van der Waals surface area (Å²) in [4.78, 5) is 27.7. The predicted octanol–water partition coefficient (Wildman–Crippen LogP) is 3.89. The van der Waals surface area contributed by atoms with Crippen molar-refractivity contribution >= 4 is 38.3 Å². The van der Waals surface area contributed by atoms with E-state index in [9.17, 15) is 18.0 Å². The molecule has 0 radical (unpaired) electrons. The van der Waals surface area contributed by atoms with Crippen molar-refractivity contribution in [3.05, 3.63) is 80.2 Å². The highest BCUT2D eigenvalue weighted by molar-refractivity contribution is 7.91. The minimum atomic E-state index is -3.22. The van der Waals surface area contributed by atoms with Crippen molar-refractivity contribution in [2.45, 2.75) is 32.9 Å². The molecule has 0 aliphatic carbocycles. The van der Waals surface area contributed by atoms with Crippen molar-refractivity contribution in [2.75, 3.05) is 11.5 Å². The molecule has 0 saturated carbocycles. The molecule has 2 aromatic carbocycles. The van der Waals surface area contributed by atoms with Crippen molar-refractivity contribution in [3.63, 3.8) is 0 Å². The standard InChI is InChI=1S/C23H22ClNO5S/c1-14-9-15(2)22-19(10-14)20(26)11-21(30-22)23(27)25(18-7-8-31(28,29)13-18)12-16-3-5-17(24)6-4-16/h3-6,9-11,18H,7-8,12-13H2,1-2H3/t18-/m0/s1. The maximum absolute atomic E-state index is 13.5. The number of sulfone groups is 1. The van der Waals surface area contributed by atoms with Gasteiger partial charge in [-0.2, -0.15) is 0 Å². The summed E-state index contributed by atoms with van der Waals surface area (Å²) in [5.41, 5.74) is 2.55. The van der Waals surface area contributed by atoms with Crippen molar-refractivity contribution in [2.24, 2.45) is 0 Å². The van der Waals surface area contributed by atoms with E-state index in [4.69, 9.17) is 16.0 Å². The molecule has 1 amide bonds. The van der Waals surface area contributed by atoms with E-state index >= 15 is 0 Å². The Morgan fingerprint density at radius 3 is 2.52 bits per heavy atom. The first-order valence-corrected chi connectivity index (χ1v) is 12.1. The highest BCUT2D eigenvalue weighted by atomic mass is 35.5. The van der Waals surface area contributed by atoms with E-state index < -0.39 is 21.8 Å². The molecule has 31 heavy (non-hydrogen) atoms. The molecular formula is C23H22ClNO5S. The molecule has 8 heteroatoms. The number of amides is 1. The maximum atomic E-state index is 13.5. The molecule has 1 aliphatic rings. The third-order valence-electron chi connectivity index (χ3n) is 5.55. The van der Waals surface area contributed by atoms with Crippen molar-refractivity contribution in [1.29, 1.82) is 0 Å². The van der Waals surface area contributed by atoms with Gasteiger partial charge >= 0.3 is 0 Å². The second-order valence-corrected chi connectivity index (χ2v) is 10.7. The van der Waals surface area contributed by atoms with Gasteiger partial charge in [0.25, 0.3) is 5.91 Å². The maximum Gasteiger partial charge on any atom is 0.290 e. The fourth-order valence-electron chi connectivity index (χ4n) is 4.03. The molecule has 0 unspecified atom stereocenters. The number of carbonyl (C=O) groups excluding carboxylic acids is 1. The van der Waals surface area contributed by atoms with Gasteiger partial charge in [-0.25, -0.2) is 8.42 Å². The van der Waals surface area contributed by atoms with E-state index in [0.717, 1.165) is 16.7 Å². The van der Waals surface area contributed by atoms with Crippen LogP contribution in [0.15, 0.2) is 51.7 Å². The van der Waals surface area contributed by atoms with Crippen LogP contribution in [-0.4, -0.2) is 36.8 Å². The molecule has 1 aromatic heterocycles. The summed E-state index contributed by atoms with van der Waals surface area (Å²) in [6.07, 6.45) is 0.345. The molecule has 1 saturated heterocycles. The van der Waals surface area contributed by atoms with Crippen LogP contribution >= 0.6 is 11.6 Å². The number of rotatable bonds is 4. The van der Waals surface area contributed by atoms with Gasteiger partial charge in [0.05, 0.1) is 16.9 Å². The van der Waals surface area contributed by atoms with Crippen LogP contribution in [0.4, 0.5) is 0 Å². The molecular weight excluding hydrogens is 438 g/mol. The lowest BCUT2D eigenvalue weighted by Crippen LogP contribution is -2.40. The number of aryl methyl sites for hydroxylation is 2. The van der Waals surface area contributed by atoms with Crippen LogP contribution in [0.3, 0.4) is 0 Å². The van der Waals surface area contributed by atoms with Crippen molar-refractivity contribution in [1.82, 2.24) is 4.90 Å². The summed E-state index contributed by atoms with van der Waals surface area (Å²) in [5.74, 6) is -0.677. The van der Waals surface area contributed by atoms with Gasteiger partial charge in [0.15, 0.2) is 21.0 Å². The number of hydrogen-bond acceptors (Lipinski definition) is 5. The Labute approximate surface area is 185 Å². The predicted molar refractivity (Wildman–Crippen MR) is 120 cm³/mol. The zero-order valence-corrected chi connectivity index (χ0v) is 18.8. The summed E-state index contributed by atoms with van der Waals surface area (Å²) in [6, 6.07) is 11.3. The molecule has 2 heterocycles. The average molecular weight is 460 g/mol. The summed E-state index contributed by atoms with van der Waals surface area (Å²) in [5, 5.41) is 0.984. The number of fused-ring (bicyclic) bond motifs is 1. The fraction of sp³-hybridized carbons (Fsp3) is 0.304. The summed E-state index contributed by atoms with van der Waals surface area (Å²) >= 11 is 5.96. The Balaban J connectivity index is 1.76. The second kappa shape index (κ2) is 8.13. The zero-order valence-electron chi connectivity index (χ0n) is 17.2. The minimum Gasteiger partial charge on any atom is -0.450 e. The molecule has 162 valence electrons. The fourth-order valence-corrected chi connectivity index (χ4v) is 5.89. The summed E-state index contributed by atoms with van der Waals surface area (Å²) in [7, 11) is -3.22.